The summed E-state index contributed by atoms with van der Waals surface area (Å²) in [7, 11) is 0. The van der Waals surface area contributed by atoms with Crippen molar-refractivity contribution >= 4 is 23.2 Å². The lowest BCUT2D eigenvalue weighted by molar-refractivity contribution is 0.102. The van der Waals surface area contributed by atoms with Crippen LogP contribution in [0.25, 0.3) is 0 Å². The number of hydrogen-bond acceptors (Lipinski definition) is 2. The second kappa shape index (κ2) is 5.06. The molecule has 2 aromatic rings. The van der Waals surface area contributed by atoms with Crippen molar-refractivity contribution in [1.29, 1.82) is 0 Å². The van der Waals surface area contributed by atoms with Crippen molar-refractivity contribution in [1.82, 2.24) is 4.98 Å². The zero-order valence-electron chi connectivity index (χ0n) is 9.66. The highest BCUT2D eigenvalue weighted by atomic mass is 35.5. The Bertz CT molecular complexity index is 632. The van der Waals surface area contributed by atoms with E-state index in [9.17, 15) is 9.59 Å². The van der Waals surface area contributed by atoms with Crippen molar-refractivity contribution in [2.75, 3.05) is 5.32 Å². The highest BCUT2D eigenvalue weighted by Crippen LogP contribution is 2.13. The van der Waals surface area contributed by atoms with Gasteiger partial charge in [0.1, 0.15) is 5.56 Å². The molecule has 1 heterocycles. The molecule has 1 aromatic carbocycles. The smallest absolute Gasteiger partial charge is 0.261 e. The Morgan fingerprint density at radius 2 is 1.94 bits per heavy atom. The van der Waals surface area contributed by atoms with Crippen LogP contribution in [0.5, 0.6) is 0 Å². The molecule has 0 saturated heterocycles. The van der Waals surface area contributed by atoms with Gasteiger partial charge >= 0.3 is 0 Å². The number of rotatable bonds is 2. The fourth-order valence-electron chi connectivity index (χ4n) is 1.48. The van der Waals surface area contributed by atoms with Gasteiger partial charge < -0.3 is 10.3 Å². The molecule has 0 radical (unpaired) electrons. The van der Waals surface area contributed by atoms with Crippen molar-refractivity contribution in [3.63, 3.8) is 0 Å². The molecule has 4 nitrogen and oxygen atoms in total. The first-order valence-electron chi connectivity index (χ1n) is 5.32. The Hall–Kier alpha value is -2.07. The Balaban J connectivity index is 2.22. The maximum atomic E-state index is 11.9. The van der Waals surface area contributed by atoms with Crippen molar-refractivity contribution in [2.24, 2.45) is 0 Å². The van der Waals surface area contributed by atoms with Gasteiger partial charge in [0.25, 0.3) is 5.91 Å². The molecular formula is C13H11ClN2O2. The number of hydrogen-bond donors (Lipinski definition) is 2. The molecule has 0 aliphatic carbocycles. The van der Waals surface area contributed by atoms with Gasteiger partial charge in [-0.25, -0.2) is 0 Å². The van der Waals surface area contributed by atoms with Gasteiger partial charge in [0, 0.05) is 28.7 Å². The first kappa shape index (κ1) is 12.4. The number of benzene rings is 1. The zero-order chi connectivity index (χ0) is 13.1. The van der Waals surface area contributed by atoms with E-state index in [2.05, 4.69) is 10.3 Å². The number of anilines is 1. The molecule has 1 amide bonds. The van der Waals surface area contributed by atoms with Crippen molar-refractivity contribution < 1.29 is 4.79 Å². The predicted molar refractivity (Wildman–Crippen MR) is 71.2 cm³/mol. The Labute approximate surface area is 109 Å². The van der Waals surface area contributed by atoms with Gasteiger partial charge in [-0.3, -0.25) is 9.59 Å². The van der Waals surface area contributed by atoms with Gasteiger partial charge in [0.05, 0.1) is 0 Å². The van der Waals surface area contributed by atoms with Crippen LogP contribution in [-0.2, 0) is 0 Å². The molecule has 0 bridgehead atoms. The highest BCUT2D eigenvalue weighted by molar-refractivity contribution is 6.30. The summed E-state index contributed by atoms with van der Waals surface area (Å²) < 4.78 is 0. The van der Waals surface area contributed by atoms with Gasteiger partial charge in [-0.2, -0.15) is 0 Å². The summed E-state index contributed by atoms with van der Waals surface area (Å²) in [5.41, 5.74) is 1.07. The maximum Gasteiger partial charge on any atom is 0.261 e. The number of aryl methyl sites for hydroxylation is 1. The number of pyridine rings is 1. The van der Waals surface area contributed by atoms with Crippen LogP contribution < -0.4 is 10.7 Å². The van der Waals surface area contributed by atoms with Crippen molar-refractivity contribution in [3.8, 4) is 0 Å². The standard InChI is InChI=1S/C13H11ClN2O2/c1-8-6-12(17)11(7-15-8)13(18)16-10-4-2-9(14)3-5-10/h2-7H,1H3,(H,15,17)(H,16,18). The first-order valence-corrected chi connectivity index (χ1v) is 5.70. The number of aromatic nitrogens is 1. The van der Waals surface area contributed by atoms with Crippen LogP contribution in [0.15, 0.2) is 41.3 Å². The predicted octanol–water partition coefficient (Wildman–Crippen LogP) is 2.59. The van der Waals surface area contributed by atoms with Crippen LogP contribution in [0.2, 0.25) is 5.02 Å². The molecule has 2 N–H and O–H groups in total. The minimum atomic E-state index is -0.446. The lowest BCUT2D eigenvalue weighted by atomic mass is 10.2. The van der Waals surface area contributed by atoms with Crippen LogP contribution in [0, 0.1) is 6.92 Å². The van der Waals surface area contributed by atoms with Crippen LogP contribution in [0.1, 0.15) is 16.1 Å². The summed E-state index contributed by atoms with van der Waals surface area (Å²) in [6, 6.07) is 8.05. The van der Waals surface area contributed by atoms with Crippen LogP contribution in [0.3, 0.4) is 0 Å². The summed E-state index contributed by atoms with van der Waals surface area (Å²) in [4.78, 5) is 26.3. The fraction of sp³-hybridized carbons (Fsp3) is 0.0769. The molecule has 1 aromatic heterocycles. The third kappa shape index (κ3) is 2.78. The third-order valence-corrected chi connectivity index (χ3v) is 2.66. The van der Waals surface area contributed by atoms with Gasteiger partial charge in [-0.05, 0) is 31.2 Å². The Morgan fingerprint density at radius 1 is 1.28 bits per heavy atom. The van der Waals surface area contributed by atoms with E-state index in [1.54, 1.807) is 31.2 Å². The van der Waals surface area contributed by atoms with E-state index in [4.69, 9.17) is 11.6 Å². The van der Waals surface area contributed by atoms with Crippen LogP contribution in [0.4, 0.5) is 5.69 Å². The number of H-pyrrole nitrogens is 1. The summed E-state index contributed by atoms with van der Waals surface area (Å²) in [6.07, 6.45) is 1.41. The Morgan fingerprint density at radius 3 is 2.56 bits per heavy atom. The molecule has 0 saturated carbocycles. The second-order valence-electron chi connectivity index (χ2n) is 3.85. The molecule has 2 rings (SSSR count). The number of amides is 1. The Kier molecular flexibility index (Phi) is 3.48. The second-order valence-corrected chi connectivity index (χ2v) is 4.29. The first-order chi connectivity index (χ1) is 8.56. The molecule has 0 aliphatic rings. The lowest BCUT2D eigenvalue weighted by Crippen LogP contribution is -2.21. The largest absolute Gasteiger partial charge is 0.364 e. The van der Waals surface area contributed by atoms with Gasteiger partial charge in [0.15, 0.2) is 5.43 Å². The molecule has 18 heavy (non-hydrogen) atoms. The average Bonchev–Trinajstić information content (AvgIpc) is 2.32. The van der Waals surface area contributed by atoms with Crippen molar-refractivity contribution in [2.45, 2.75) is 6.92 Å². The lowest BCUT2D eigenvalue weighted by Gasteiger charge is -2.05. The monoisotopic (exact) mass is 262 g/mol. The molecule has 0 unspecified atom stereocenters. The summed E-state index contributed by atoms with van der Waals surface area (Å²) in [5.74, 6) is -0.446. The molecular weight excluding hydrogens is 252 g/mol. The number of aromatic amines is 1. The van der Waals surface area contributed by atoms with Gasteiger partial charge in [-0.15, -0.1) is 0 Å². The summed E-state index contributed by atoms with van der Waals surface area (Å²) >= 11 is 5.74. The molecule has 0 fully saturated rings. The van der Waals surface area contributed by atoms with Gasteiger partial charge in [0.2, 0.25) is 0 Å². The van der Waals surface area contributed by atoms with Crippen LogP contribution >= 0.6 is 11.6 Å². The quantitative estimate of drug-likeness (QED) is 0.874. The maximum absolute atomic E-state index is 11.9. The topological polar surface area (TPSA) is 62.0 Å². The minimum Gasteiger partial charge on any atom is -0.364 e. The SMILES string of the molecule is Cc1cc(=O)c(C(=O)Nc2ccc(Cl)cc2)c[nH]1. The average molecular weight is 263 g/mol. The number of carbonyl (C=O) groups is 1. The third-order valence-electron chi connectivity index (χ3n) is 2.40. The van der Waals surface area contributed by atoms with Crippen molar-refractivity contribution in [3.05, 3.63) is 63.0 Å². The highest BCUT2D eigenvalue weighted by Gasteiger charge is 2.10. The molecule has 0 atom stereocenters. The van der Waals surface area contributed by atoms with E-state index < -0.39 is 5.91 Å². The summed E-state index contributed by atoms with van der Waals surface area (Å²) in [5, 5.41) is 3.21. The van der Waals surface area contributed by atoms with E-state index in [0.717, 1.165) is 0 Å². The normalized spacial score (nSPS) is 10.1. The fourth-order valence-corrected chi connectivity index (χ4v) is 1.61. The van der Waals surface area contributed by atoms with E-state index in [1.807, 2.05) is 0 Å². The molecule has 0 spiro atoms. The van der Waals surface area contributed by atoms with E-state index in [1.165, 1.54) is 12.3 Å². The molecule has 0 aliphatic heterocycles. The molecule has 5 heteroatoms. The van der Waals surface area contributed by atoms with E-state index in [-0.39, 0.29) is 11.0 Å². The van der Waals surface area contributed by atoms with E-state index in [0.29, 0.717) is 16.4 Å². The number of carbonyl (C=O) groups excluding carboxylic acids is 1. The number of nitrogens with one attached hydrogen (secondary N) is 2. The van der Waals surface area contributed by atoms with Crippen LogP contribution in [-0.4, -0.2) is 10.9 Å². The number of halogens is 1. The summed E-state index contributed by atoms with van der Waals surface area (Å²) in [6.45, 7) is 1.75. The minimum absolute atomic E-state index is 0.0792. The van der Waals surface area contributed by atoms with E-state index >= 15 is 0 Å². The zero-order valence-corrected chi connectivity index (χ0v) is 10.4. The molecule has 92 valence electrons. The van der Waals surface area contributed by atoms with Gasteiger partial charge in [-0.1, -0.05) is 11.6 Å².